The number of ether oxygens (including phenoxy) is 1. The Morgan fingerprint density at radius 1 is 1.07 bits per heavy atom. The molecule has 1 amide bonds. The van der Waals surface area contributed by atoms with E-state index in [1.807, 2.05) is 13.8 Å². The van der Waals surface area contributed by atoms with Gasteiger partial charge in [0, 0.05) is 20.2 Å². The Hall–Kier alpha value is -2.38. The zero-order chi connectivity index (χ0) is 19.9. The Morgan fingerprint density at radius 3 is 2.37 bits per heavy atom. The molecule has 0 aliphatic carbocycles. The van der Waals surface area contributed by atoms with Crippen molar-refractivity contribution in [1.82, 2.24) is 5.32 Å². The molecular weight excluding hydrogens is 364 g/mol. The molecule has 0 radical (unpaired) electrons. The van der Waals surface area contributed by atoms with E-state index in [0.29, 0.717) is 30.8 Å². The van der Waals surface area contributed by atoms with Crippen molar-refractivity contribution in [1.29, 1.82) is 0 Å². The summed E-state index contributed by atoms with van der Waals surface area (Å²) in [6.07, 6.45) is 0.836. The van der Waals surface area contributed by atoms with Crippen LogP contribution in [0.15, 0.2) is 59.5 Å². The van der Waals surface area contributed by atoms with Crippen molar-refractivity contribution >= 4 is 21.6 Å². The number of nitrogens with one attached hydrogen (secondary N) is 1. The van der Waals surface area contributed by atoms with E-state index in [0.717, 1.165) is 4.31 Å². The van der Waals surface area contributed by atoms with Crippen LogP contribution < -0.4 is 9.62 Å². The molecule has 1 N–H and O–H groups in total. The summed E-state index contributed by atoms with van der Waals surface area (Å²) >= 11 is 0. The summed E-state index contributed by atoms with van der Waals surface area (Å²) in [5.74, 6) is -0.315. The van der Waals surface area contributed by atoms with E-state index in [2.05, 4.69) is 5.32 Å². The van der Waals surface area contributed by atoms with Crippen molar-refractivity contribution in [2.45, 2.75) is 31.3 Å². The van der Waals surface area contributed by atoms with Crippen molar-refractivity contribution in [3.05, 3.63) is 60.2 Å². The van der Waals surface area contributed by atoms with E-state index in [1.54, 1.807) is 42.5 Å². The highest BCUT2D eigenvalue weighted by Gasteiger charge is 2.24. The molecule has 0 fully saturated rings. The van der Waals surface area contributed by atoms with Crippen molar-refractivity contribution < 1.29 is 17.9 Å². The molecule has 2 aromatic carbocycles. The number of benzene rings is 2. The van der Waals surface area contributed by atoms with Crippen LogP contribution in [-0.4, -0.2) is 40.6 Å². The topological polar surface area (TPSA) is 75.7 Å². The van der Waals surface area contributed by atoms with Crippen LogP contribution in [0, 0.1) is 0 Å². The summed E-state index contributed by atoms with van der Waals surface area (Å²) in [7, 11) is -2.30. The number of hydrogen-bond donors (Lipinski definition) is 1. The third-order valence-electron chi connectivity index (χ3n) is 3.95. The van der Waals surface area contributed by atoms with Crippen LogP contribution in [0.4, 0.5) is 5.69 Å². The number of nitrogens with zero attached hydrogens (tertiary/aromatic N) is 1. The van der Waals surface area contributed by atoms with Gasteiger partial charge in [-0.3, -0.25) is 9.10 Å². The maximum absolute atomic E-state index is 12.8. The van der Waals surface area contributed by atoms with Gasteiger partial charge in [-0.25, -0.2) is 8.42 Å². The molecule has 2 rings (SSSR count). The lowest BCUT2D eigenvalue weighted by Gasteiger charge is -2.22. The molecule has 2 aromatic rings. The van der Waals surface area contributed by atoms with Gasteiger partial charge in [0.2, 0.25) is 0 Å². The van der Waals surface area contributed by atoms with Crippen LogP contribution in [0.25, 0.3) is 0 Å². The number of rotatable bonds is 9. The predicted octanol–water partition coefficient (Wildman–Crippen LogP) is 3.06. The highest BCUT2D eigenvalue weighted by molar-refractivity contribution is 7.92. The van der Waals surface area contributed by atoms with Gasteiger partial charge >= 0.3 is 0 Å². The molecule has 0 saturated heterocycles. The quantitative estimate of drug-likeness (QED) is 0.668. The van der Waals surface area contributed by atoms with Crippen molar-refractivity contribution in [2.75, 3.05) is 24.5 Å². The van der Waals surface area contributed by atoms with Crippen LogP contribution in [0.2, 0.25) is 0 Å². The van der Waals surface area contributed by atoms with E-state index >= 15 is 0 Å². The molecule has 0 aromatic heterocycles. The van der Waals surface area contributed by atoms with Gasteiger partial charge in [-0.15, -0.1) is 0 Å². The zero-order valence-electron chi connectivity index (χ0n) is 15.9. The predicted molar refractivity (Wildman–Crippen MR) is 107 cm³/mol. The van der Waals surface area contributed by atoms with Crippen LogP contribution in [0.3, 0.4) is 0 Å². The molecule has 0 bridgehead atoms. The minimum atomic E-state index is -3.75. The molecule has 0 saturated carbocycles. The minimum Gasteiger partial charge on any atom is -0.379 e. The number of anilines is 1. The number of para-hydroxylation sites is 1. The minimum absolute atomic E-state index is 0.151. The van der Waals surface area contributed by atoms with Gasteiger partial charge in [0.1, 0.15) is 0 Å². The van der Waals surface area contributed by atoms with E-state index < -0.39 is 10.0 Å². The van der Waals surface area contributed by atoms with Gasteiger partial charge in [0.05, 0.1) is 22.3 Å². The summed E-state index contributed by atoms with van der Waals surface area (Å²) in [4.78, 5) is 12.7. The molecule has 146 valence electrons. The molecule has 0 atom stereocenters. The van der Waals surface area contributed by atoms with E-state index in [1.165, 1.54) is 19.2 Å². The number of sulfonamides is 1. The molecule has 27 heavy (non-hydrogen) atoms. The Morgan fingerprint density at radius 2 is 1.70 bits per heavy atom. The lowest BCUT2D eigenvalue weighted by Crippen LogP contribution is -2.31. The first-order valence-electron chi connectivity index (χ1n) is 8.87. The normalized spacial score (nSPS) is 11.4. The Balaban J connectivity index is 2.14. The third-order valence-corrected chi connectivity index (χ3v) is 5.73. The van der Waals surface area contributed by atoms with Gasteiger partial charge < -0.3 is 10.1 Å². The monoisotopic (exact) mass is 390 g/mol. The zero-order valence-corrected chi connectivity index (χ0v) is 16.7. The average molecular weight is 391 g/mol. The van der Waals surface area contributed by atoms with Crippen LogP contribution >= 0.6 is 0 Å². The number of carbonyl (C=O) groups is 1. The maximum Gasteiger partial charge on any atom is 0.264 e. The molecule has 0 aliphatic heterocycles. The van der Waals surface area contributed by atoms with E-state index in [4.69, 9.17) is 4.74 Å². The van der Waals surface area contributed by atoms with Crippen LogP contribution in [-0.2, 0) is 14.8 Å². The fraction of sp³-hybridized carbons (Fsp3) is 0.350. The molecule has 6 nitrogen and oxygen atoms in total. The fourth-order valence-corrected chi connectivity index (χ4v) is 3.74. The maximum atomic E-state index is 12.8. The smallest absolute Gasteiger partial charge is 0.264 e. The van der Waals surface area contributed by atoms with Crippen molar-refractivity contribution in [3.8, 4) is 0 Å². The molecule has 0 unspecified atom stereocenters. The highest BCUT2D eigenvalue weighted by Crippen LogP contribution is 2.25. The van der Waals surface area contributed by atoms with Gasteiger partial charge in [-0.05, 0) is 44.5 Å². The molecule has 0 spiro atoms. The second-order valence-electron chi connectivity index (χ2n) is 6.33. The van der Waals surface area contributed by atoms with Crippen LogP contribution in [0.5, 0.6) is 0 Å². The standard InChI is InChI=1S/C20H26N2O4S/c1-16(2)26-15-9-14-21-20(23)18-12-7-8-13-19(18)22(3)27(24,25)17-10-5-4-6-11-17/h4-8,10-13,16H,9,14-15H2,1-3H3,(H,21,23). The van der Waals surface area contributed by atoms with Gasteiger partial charge in [-0.1, -0.05) is 30.3 Å². The first kappa shape index (κ1) is 20.9. The largest absolute Gasteiger partial charge is 0.379 e. The lowest BCUT2D eigenvalue weighted by molar-refractivity contribution is 0.0757. The summed E-state index contributed by atoms with van der Waals surface area (Å²) in [6.45, 7) is 4.92. The van der Waals surface area contributed by atoms with Gasteiger partial charge in [0.25, 0.3) is 15.9 Å². The molecular formula is C20H26N2O4S. The Kier molecular flexibility index (Phi) is 7.38. The van der Waals surface area contributed by atoms with E-state index in [-0.39, 0.29) is 16.9 Å². The molecule has 7 heteroatoms. The van der Waals surface area contributed by atoms with Crippen molar-refractivity contribution in [2.24, 2.45) is 0 Å². The summed E-state index contributed by atoms with van der Waals surface area (Å²) in [6, 6.07) is 14.8. The molecule has 0 heterocycles. The first-order chi connectivity index (χ1) is 12.8. The third kappa shape index (κ3) is 5.55. The van der Waals surface area contributed by atoms with Crippen LogP contribution in [0.1, 0.15) is 30.6 Å². The number of amides is 1. The number of carbonyl (C=O) groups excluding carboxylic acids is 1. The second-order valence-corrected chi connectivity index (χ2v) is 8.30. The summed E-state index contributed by atoms with van der Waals surface area (Å²) < 4.78 is 32.3. The number of hydrogen-bond acceptors (Lipinski definition) is 4. The van der Waals surface area contributed by atoms with Gasteiger partial charge in [-0.2, -0.15) is 0 Å². The highest BCUT2D eigenvalue weighted by atomic mass is 32.2. The Labute approximate surface area is 161 Å². The van der Waals surface area contributed by atoms with Gasteiger partial charge in [0.15, 0.2) is 0 Å². The molecule has 0 aliphatic rings. The lowest BCUT2D eigenvalue weighted by atomic mass is 10.1. The fourth-order valence-electron chi connectivity index (χ4n) is 2.51. The Bertz CT molecular complexity index is 851. The SMILES string of the molecule is CC(C)OCCCNC(=O)c1ccccc1N(C)S(=O)(=O)c1ccccc1. The van der Waals surface area contributed by atoms with Crippen molar-refractivity contribution in [3.63, 3.8) is 0 Å². The average Bonchev–Trinajstić information content (AvgIpc) is 2.67. The summed E-state index contributed by atoms with van der Waals surface area (Å²) in [5.41, 5.74) is 0.640. The van der Waals surface area contributed by atoms with E-state index in [9.17, 15) is 13.2 Å². The first-order valence-corrected chi connectivity index (χ1v) is 10.3. The summed E-state index contributed by atoms with van der Waals surface area (Å²) in [5, 5.41) is 2.82. The second kappa shape index (κ2) is 9.53.